The molecule has 0 spiro atoms. The molecule has 30 heavy (non-hydrogen) atoms. The summed E-state index contributed by atoms with van der Waals surface area (Å²) in [6.07, 6.45) is 1.68. The van der Waals surface area contributed by atoms with Crippen LogP contribution in [0, 0.1) is 5.82 Å². The van der Waals surface area contributed by atoms with E-state index in [1.165, 1.54) is 12.1 Å². The summed E-state index contributed by atoms with van der Waals surface area (Å²) >= 11 is 18.1. The molecule has 0 saturated heterocycles. The zero-order chi connectivity index (χ0) is 21.3. The van der Waals surface area contributed by atoms with Gasteiger partial charge in [-0.2, -0.15) is 10.2 Å². The van der Waals surface area contributed by atoms with Gasteiger partial charge < -0.3 is 5.32 Å². The van der Waals surface area contributed by atoms with Gasteiger partial charge >= 0.3 is 0 Å². The van der Waals surface area contributed by atoms with Gasteiger partial charge in [0.25, 0.3) is 5.91 Å². The van der Waals surface area contributed by atoms with E-state index in [1.54, 1.807) is 47.3 Å². The quantitative estimate of drug-likeness (QED) is 0.399. The van der Waals surface area contributed by atoms with E-state index in [1.807, 2.05) is 0 Å². The Morgan fingerprint density at radius 3 is 2.67 bits per heavy atom. The van der Waals surface area contributed by atoms with Gasteiger partial charge in [-0.15, -0.1) is 0 Å². The van der Waals surface area contributed by atoms with Crippen molar-refractivity contribution >= 4 is 46.5 Å². The van der Waals surface area contributed by atoms with E-state index >= 15 is 0 Å². The first-order chi connectivity index (χ1) is 14.4. The summed E-state index contributed by atoms with van der Waals surface area (Å²) < 4.78 is 14.8. The average Bonchev–Trinajstić information content (AvgIpc) is 3.34. The Labute approximate surface area is 185 Å². The van der Waals surface area contributed by atoms with Crippen LogP contribution in [0.2, 0.25) is 15.1 Å². The van der Waals surface area contributed by atoms with Crippen LogP contribution in [-0.4, -0.2) is 25.9 Å². The number of aromatic amines is 1. The zero-order valence-electron chi connectivity index (χ0n) is 15.2. The fourth-order valence-electron chi connectivity index (χ4n) is 2.80. The van der Waals surface area contributed by atoms with Gasteiger partial charge in [-0.3, -0.25) is 14.6 Å². The molecule has 2 heterocycles. The first-order valence-electron chi connectivity index (χ1n) is 8.68. The van der Waals surface area contributed by atoms with E-state index in [4.69, 9.17) is 34.8 Å². The Hall–Kier alpha value is -2.87. The molecule has 0 aliphatic carbocycles. The number of carbonyl (C=O) groups is 1. The Kier molecular flexibility index (Phi) is 5.76. The number of nitrogens with one attached hydrogen (secondary N) is 2. The lowest BCUT2D eigenvalue weighted by Crippen LogP contribution is -2.13. The molecule has 2 aromatic carbocycles. The molecule has 152 valence electrons. The monoisotopic (exact) mass is 463 g/mol. The van der Waals surface area contributed by atoms with Gasteiger partial charge in [0.15, 0.2) is 5.82 Å². The summed E-state index contributed by atoms with van der Waals surface area (Å²) in [6.45, 7) is 0.332. The number of hydrogen-bond donors (Lipinski definition) is 2. The molecule has 2 aromatic heterocycles. The molecule has 2 N–H and O–H groups in total. The third-order valence-electron chi connectivity index (χ3n) is 4.26. The molecular formula is C20H13Cl3FN5O. The van der Waals surface area contributed by atoms with E-state index in [9.17, 15) is 9.18 Å². The van der Waals surface area contributed by atoms with Gasteiger partial charge in [0.1, 0.15) is 11.5 Å². The standard InChI is InChI=1S/C20H13Cl3FN5O/c21-12-2-4-14(16(23)7-12)17-9-18(27-26-17)20(30)25-19-5-6-29(28-19)10-11-1-3-13(24)8-15(11)22/h1-9H,10H2,(H,26,27)(H,25,28,30). The number of hydrogen-bond acceptors (Lipinski definition) is 3. The minimum absolute atomic E-state index is 0.243. The van der Waals surface area contributed by atoms with Crippen molar-refractivity contribution in [2.45, 2.75) is 6.54 Å². The smallest absolute Gasteiger partial charge is 0.274 e. The van der Waals surface area contributed by atoms with Crippen LogP contribution in [0.5, 0.6) is 0 Å². The third kappa shape index (κ3) is 4.48. The largest absolute Gasteiger partial charge is 0.304 e. The average molecular weight is 465 g/mol. The summed E-state index contributed by atoms with van der Waals surface area (Å²) in [5.41, 5.74) is 2.11. The molecule has 0 saturated carbocycles. The van der Waals surface area contributed by atoms with Crippen LogP contribution in [0.25, 0.3) is 11.3 Å². The second-order valence-electron chi connectivity index (χ2n) is 6.38. The molecule has 10 heteroatoms. The normalized spacial score (nSPS) is 10.9. The SMILES string of the molecule is O=C(Nc1ccn(Cc2ccc(F)cc2Cl)n1)c1cc(-c2ccc(Cl)cc2Cl)n[nH]1. The number of halogens is 4. The van der Waals surface area contributed by atoms with Crippen LogP contribution in [0.4, 0.5) is 10.2 Å². The molecule has 0 radical (unpaired) electrons. The highest BCUT2D eigenvalue weighted by atomic mass is 35.5. The lowest BCUT2D eigenvalue weighted by Gasteiger charge is -2.05. The maximum absolute atomic E-state index is 13.2. The number of benzene rings is 2. The second-order valence-corrected chi connectivity index (χ2v) is 7.63. The summed E-state index contributed by atoms with van der Waals surface area (Å²) in [5.74, 6) is -0.473. The maximum atomic E-state index is 13.2. The summed E-state index contributed by atoms with van der Waals surface area (Å²) in [5, 5.41) is 15.0. The Morgan fingerprint density at radius 1 is 1.07 bits per heavy atom. The fraction of sp³-hybridized carbons (Fsp3) is 0.0500. The molecule has 4 rings (SSSR count). The Bertz CT molecular complexity index is 1240. The summed E-state index contributed by atoms with van der Waals surface area (Å²) in [7, 11) is 0. The predicted octanol–water partition coefficient (Wildman–Crippen LogP) is 5.67. The lowest BCUT2D eigenvalue weighted by atomic mass is 10.1. The molecule has 0 atom stereocenters. The lowest BCUT2D eigenvalue weighted by molar-refractivity contribution is 0.102. The molecule has 0 unspecified atom stereocenters. The minimum Gasteiger partial charge on any atom is -0.304 e. The molecule has 1 amide bonds. The predicted molar refractivity (Wildman–Crippen MR) is 115 cm³/mol. The van der Waals surface area contributed by atoms with E-state index in [0.717, 1.165) is 0 Å². The highest BCUT2D eigenvalue weighted by Gasteiger charge is 2.14. The maximum Gasteiger partial charge on any atom is 0.274 e. The van der Waals surface area contributed by atoms with Crippen molar-refractivity contribution in [1.29, 1.82) is 0 Å². The molecule has 0 fully saturated rings. The van der Waals surface area contributed by atoms with E-state index < -0.39 is 11.7 Å². The number of anilines is 1. The highest BCUT2D eigenvalue weighted by Crippen LogP contribution is 2.29. The molecule has 0 aliphatic rings. The summed E-state index contributed by atoms with van der Waals surface area (Å²) in [4.78, 5) is 12.5. The van der Waals surface area contributed by atoms with Gasteiger partial charge in [0, 0.05) is 27.9 Å². The van der Waals surface area contributed by atoms with E-state index in [0.29, 0.717) is 44.3 Å². The zero-order valence-corrected chi connectivity index (χ0v) is 17.4. The number of rotatable bonds is 5. The van der Waals surface area contributed by atoms with Crippen molar-refractivity contribution in [2.24, 2.45) is 0 Å². The highest BCUT2D eigenvalue weighted by molar-refractivity contribution is 6.36. The number of nitrogens with zero attached hydrogens (tertiary/aromatic N) is 3. The van der Waals surface area contributed by atoms with Crippen LogP contribution in [0.1, 0.15) is 16.1 Å². The van der Waals surface area contributed by atoms with Crippen molar-refractivity contribution < 1.29 is 9.18 Å². The summed E-state index contributed by atoms with van der Waals surface area (Å²) in [6, 6.07) is 12.4. The van der Waals surface area contributed by atoms with Gasteiger partial charge in [-0.1, -0.05) is 40.9 Å². The number of aromatic nitrogens is 4. The van der Waals surface area contributed by atoms with Crippen LogP contribution in [0.3, 0.4) is 0 Å². The Morgan fingerprint density at radius 2 is 1.90 bits per heavy atom. The molecular weight excluding hydrogens is 452 g/mol. The number of H-pyrrole nitrogens is 1. The first-order valence-corrected chi connectivity index (χ1v) is 9.82. The van der Waals surface area contributed by atoms with Crippen LogP contribution in [-0.2, 0) is 6.54 Å². The van der Waals surface area contributed by atoms with E-state index in [2.05, 4.69) is 20.6 Å². The number of carbonyl (C=O) groups excluding carboxylic acids is 1. The fourth-order valence-corrected chi connectivity index (χ4v) is 3.53. The first kappa shape index (κ1) is 20.4. The second kappa shape index (κ2) is 8.47. The van der Waals surface area contributed by atoms with Crippen molar-refractivity contribution in [3.05, 3.63) is 86.9 Å². The van der Waals surface area contributed by atoms with Crippen LogP contribution >= 0.6 is 34.8 Å². The van der Waals surface area contributed by atoms with Gasteiger partial charge in [0.05, 0.1) is 17.3 Å². The molecule has 0 bridgehead atoms. The van der Waals surface area contributed by atoms with E-state index in [-0.39, 0.29) is 5.69 Å². The molecule has 6 nitrogen and oxygen atoms in total. The minimum atomic E-state index is -0.413. The van der Waals surface area contributed by atoms with Crippen molar-refractivity contribution in [3.8, 4) is 11.3 Å². The van der Waals surface area contributed by atoms with Crippen molar-refractivity contribution in [3.63, 3.8) is 0 Å². The third-order valence-corrected chi connectivity index (χ3v) is 5.16. The van der Waals surface area contributed by atoms with Crippen LogP contribution < -0.4 is 5.32 Å². The molecule has 0 aliphatic heterocycles. The Balaban J connectivity index is 1.45. The van der Waals surface area contributed by atoms with Crippen molar-refractivity contribution in [2.75, 3.05) is 5.32 Å². The van der Waals surface area contributed by atoms with Crippen LogP contribution in [0.15, 0.2) is 54.7 Å². The molecule has 4 aromatic rings. The topological polar surface area (TPSA) is 75.6 Å². The van der Waals surface area contributed by atoms with Gasteiger partial charge in [-0.05, 0) is 42.0 Å². The number of amides is 1. The van der Waals surface area contributed by atoms with Gasteiger partial charge in [-0.25, -0.2) is 4.39 Å². The van der Waals surface area contributed by atoms with Crippen molar-refractivity contribution in [1.82, 2.24) is 20.0 Å². The van der Waals surface area contributed by atoms with Gasteiger partial charge in [0.2, 0.25) is 0 Å².